The molecule has 3 rings (SSSR count). The number of ether oxygens (including phenoxy) is 1. The van der Waals surface area contributed by atoms with E-state index in [0.29, 0.717) is 11.6 Å². The van der Waals surface area contributed by atoms with Crippen LogP contribution in [0.3, 0.4) is 0 Å². The van der Waals surface area contributed by atoms with Crippen molar-refractivity contribution in [1.29, 1.82) is 0 Å². The van der Waals surface area contributed by atoms with E-state index in [-0.39, 0.29) is 23.5 Å². The molecule has 2 saturated carbocycles. The number of esters is 1. The van der Waals surface area contributed by atoms with Gasteiger partial charge in [-0.1, -0.05) is 0 Å². The molecule has 2 aliphatic rings. The van der Waals surface area contributed by atoms with Gasteiger partial charge in [0.2, 0.25) is 0 Å². The molecule has 2 fully saturated rings. The van der Waals surface area contributed by atoms with Crippen molar-refractivity contribution in [3.8, 4) is 0 Å². The normalized spacial score (nSPS) is 19.0. The fourth-order valence-corrected chi connectivity index (χ4v) is 3.13. The van der Waals surface area contributed by atoms with Crippen molar-refractivity contribution in [2.45, 2.75) is 76.9 Å². The summed E-state index contributed by atoms with van der Waals surface area (Å²) in [6.07, 6.45) is 4.17. The van der Waals surface area contributed by atoms with Gasteiger partial charge in [0, 0.05) is 17.7 Å². The highest BCUT2D eigenvalue weighted by Gasteiger charge is 2.41. The van der Waals surface area contributed by atoms with Crippen LogP contribution < -0.4 is 0 Å². The van der Waals surface area contributed by atoms with Gasteiger partial charge in [0.25, 0.3) is 5.91 Å². The number of amides is 1. The van der Waals surface area contributed by atoms with Gasteiger partial charge in [-0.2, -0.15) is 5.10 Å². The van der Waals surface area contributed by atoms with E-state index in [1.165, 1.54) is 7.11 Å². The standard InChI is InChI=1S/C18H27N3O3/c1-11(17(23)24-5)20(13-8-9-13)16(22)14-10-15(12-6-7-12)21(19-14)18(2,3)4/h10-13H,6-9H2,1-5H3/t11-/m1/s1. The van der Waals surface area contributed by atoms with Crippen LogP contribution >= 0.6 is 0 Å². The summed E-state index contributed by atoms with van der Waals surface area (Å²) in [5.74, 6) is -0.0427. The average molecular weight is 333 g/mol. The highest BCUT2D eigenvalue weighted by molar-refractivity contribution is 5.95. The van der Waals surface area contributed by atoms with Gasteiger partial charge in [-0.05, 0) is 59.4 Å². The Bertz CT molecular complexity index is 651. The van der Waals surface area contributed by atoms with Crippen LogP contribution in [0.5, 0.6) is 0 Å². The van der Waals surface area contributed by atoms with Gasteiger partial charge in [-0.25, -0.2) is 4.79 Å². The van der Waals surface area contributed by atoms with E-state index >= 15 is 0 Å². The summed E-state index contributed by atoms with van der Waals surface area (Å²) in [5.41, 5.74) is 1.40. The van der Waals surface area contributed by atoms with Crippen molar-refractivity contribution in [2.24, 2.45) is 0 Å². The third-order valence-corrected chi connectivity index (χ3v) is 4.72. The minimum absolute atomic E-state index is 0.121. The van der Waals surface area contributed by atoms with Crippen molar-refractivity contribution < 1.29 is 14.3 Å². The molecule has 0 spiro atoms. The van der Waals surface area contributed by atoms with Gasteiger partial charge >= 0.3 is 5.97 Å². The molecular formula is C18H27N3O3. The number of carbonyl (C=O) groups is 2. The summed E-state index contributed by atoms with van der Waals surface area (Å²) in [6, 6.07) is 1.46. The van der Waals surface area contributed by atoms with Crippen LogP contribution in [0.1, 0.15) is 75.5 Å². The van der Waals surface area contributed by atoms with Gasteiger partial charge in [0.05, 0.1) is 12.6 Å². The third kappa shape index (κ3) is 3.19. The van der Waals surface area contributed by atoms with Crippen molar-refractivity contribution in [1.82, 2.24) is 14.7 Å². The Morgan fingerprint density at radius 3 is 2.38 bits per heavy atom. The van der Waals surface area contributed by atoms with Gasteiger partial charge in [0.1, 0.15) is 6.04 Å². The van der Waals surface area contributed by atoms with Crippen molar-refractivity contribution in [2.75, 3.05) is 7.11 Å². The molecule has 1 amide bonds. The summed E-state index contributed by atoms with van der Waals surface area (Å²) in [6.45, 7) is 8.01. The highest BCUT2D eigenvalue weighted by atomic mass is 16.5. The summed E-state index contributed by atoms with van der Waals surface area (Å²) >= 11 is 0. The van der Waals surface area contributed by atoms with Gasteiger partial charge < -0.3 is 9.64 Å². The van der Waals surface area contributed by atoms with E-state index < -0.39 is 6.04 Å². The molecule has 2 aliphatic carbocycles. The Balaban J connectivity index is 1.92. The highest BCUT2D eigenvalue weighted by Crippen LogP contribution is 2.42. The van der Waals surface area contributed by atoms with Crippen molar-refractivity contribution in [3.05, 3.63) is 17.5 Å². The molecule has 1 aromatic heterocycles. The monoisotopic (exact) mass is 333 g/mol. The van der Waals surface area contributed by atoms with Crippen LogP contribution in [0.15, 0.2) is 6.07 Å². The molecule has 0 aliphatic heterocycles. The summed E-state index contributed by atoms with van der Waals surface area (Å²) in [5, 5.41) is 4.61. The molecule has 0 aromatic carbocycles. The van der Waals surface area contributed by atoms with Crippen molar-refractivity contribution >= 4 is 11.9 Å². The smallest absolute Gasteiger partial charge is 0.328 e. The molecule has 132 valence electrons. The lowest BCUT2D eigenvalue weighted by Gasteiger charge is -2.26. The zero-order valence-corrected chi connectivity index (χ0v) is 15.2. The number of methoxy groups -OCH3 is 1. The zero-order chi connectivity index (χ0) is 17.6. The van der Waals surface area contributed by atoms with Crippen LogP contribution in [0.25, 0.3) is 0 Å². The molecule has 6 heteroatoms. The van der Waals surface area contributed by atoms with E-state index in [4.69, 9.17) is 4.74 Å². The predicted molar refractivity (Wildman–Crippen MR) is 89.9 cm³/mol. The minimum Gasteiger partial charge on any atom is -0.467 e. The molecular weight excluding hydrogens is 306 g/mol. The molecule has 0 radical (unpaired) electrons. The number of hydrogen-bond donors (Lipinski definition) is 0. The van der Waals surface area contributed by atoms with Crippen LogP contribution in [0.4, 0.5) is 0 Å². The predicted octanol–water partition coefficient (Wildman–Crippen LogP) is 2.68. The van der Waals surface area contributed by atoms with E-state index in [0.717, 1.165) is 31.4 Å². The van der Waals surface area contributed by atoms with Crippen LogP contribution in [-0.2, 0) is 15.1 Å². The zero-order valence-electron chi connectivity index (χ0n) is 15.2. The molecule has 1 aromatic rings. The Morgan fingerprint density at radius 2 is 1.92 bits per heavy atom. The van der Waals surface area contributed by atoms with E-state index in [1.807, 2.05) is 10.7 Å². The number of hydrogen-bond acceptors (Lipinski definition) is 4. The maximum absolute atomic E-state index is 13.1. The second-order valence-corrected chi connectivity index (χ2v) is 7.95. The number of aromatic nitrogens is 2. The van der Waals surface area contributed by atoms with Crippen LogP contribution in [0, 0.1) is 0 Å². The summed E-state index contributed by atoms with van der Waals surface area (Å²) in [7, 11) is 1.36. The second-order valence-electron chi connectivity index (χ2n) is 7.95. The lowest BCUT2D eigenvalue weighted by atomic mass is 10.1. The van der Waals surface area contributed by atoms with E-state index in [9.17, 15) is 9.59 Å². The molecule has 0 N–H and O–H groups in total. The van der Waals surface area contributed by atoms with Crippen LogP contribution in [0.2, 0.25) is 0 Å². The Labute approximate surface area is 143 Å². The molecule has 0 saturated heterocycles. The van der Waals surface area contributed by atoms with Gasteiger partial charge in [-0.3, -0.25) is 9.48 Å². The van der Waals surface area contributed by atoms with E-state index in [1.54, 1.807) is 11.8 Å². The Kier molecular flexibility index (Phi) is 4.18. The lowest BCUT2D eigenvalue weighted by Crippen LogP contribution is -2.45. The van der Waals surface area contributed by atoms with Crippen molar-refractivity contribution in [3.63, 3.8) is 0 Å². The minimum atomic E-state index is -0.584. The average Bonchev–Trinajstić information content (AvgIpc) is 3.44. The number of nitrogens with zero attached hydrogens (tertiary/aromatic N) is 3. The molecule has 1 atom stereocenters. The van der Waals surface area contributed by atoms with Crippen LogP contribution in [-0.4, -0.2) is 45.8 Å². The molecule has 0 bridgehead atoms. The SMILES string of the molecule is COC(=O)[C@@H](C)N(C(=O)c1cc(C2CC2)n(C(C)(C)C)n1)C1CC1. The molecule has 6 nitrogen and oxygen atoms in total. The fourth-order valence-electron chi connectivity index (χ4n) is 3.13. The van der Waals surface area contributed by atoms with Gasteiger partial charge in [-0.15, -0.1) is 0 Å². The second kappa shape index (κ2) is 5.90. The first-order valence-electron chi connectivity index (χ1n) is 8.75. The molecule has 1 heterocycles. The Morgan fingerprint density at radius 1 is 1.29 bits per heavy atom. The van der Waals surface area contributed by atoms with Gasteiger partial charge in [0.15, 0.2) is 5.69 Å². The first-order valence-corrected chi connectivity index (χ1v) is 8.75. The Hall–Kier alpha value is -1.85. The lowest BCUT2D eigenvalue weighted by molar-refractivity contribution is -0.145. The summed E-state index contributed by atoms with van der Waals surface area (Å²) < 4.78 is 6.81. The third-order valence-electron chi connectivity index (χ3n) is 4.72. The fraction of sp³-hybridized carbons (Fsp3) is 0.722. The largest absolute Gasteiger partial charge is 0.467 e. The maximum Gasteiger partial charge on any atom is 0.328 e. The summed E-state index contributed by atoms with van der Waals surface area (Å²) in [4.78, 5) is 26.6. The number of rotatable bonds is 5. The van der Waals surface area contributed by atoms with E-state index in [2.05, 4.69) is 25.9 Å². The number of carbonyl (C=O) groups excluding carboxylic acids is 2. The first kappa shape index (κ1) is 17.0. The quantitative estimate of drug-likeness (QED) is 0.777. The maximum atomic E-state index is 13.1. The topological polar surface area (TPSA) is 64.4 Å². The first-order chi connectivity index (χ1) is 11.2. The molecule has 24 heavy (non-hydrogen) atoms. The molecule has 0 unspecified atom stereocenters.